The maximum atomic E-state index is 12.3. The van der Waals surface area contributed by atoms with E-state index in [0.29, 0.717) is 11.5 Å². The summed E-state index contributed by atoms with van der Waals surface area (Å²) in [5.41, 5.74) is 3.42. The number of rotatable bonds is 11. The van der Waals surface area contributed by atoms with Gasteiger partial charge in [-0.1, -0.05) is 39.0 Å². The van der Waals surface area contributed by atoms with Crippen molar-refractivity contribution < 1.29 is 14.4 Å². The van der Waals surface area contributed by atoms with Crippen LogP contribution >= 0.6 is 11.3 Å². The first-order valence-electron chi connectivity index (χ1n) is 10.5. The molecule has 28 heavy (non-hydrogen) atoms. The number of aromatic nitrogens is 2. The molecule has 1 unspecified atom stereocenters. The van der Waals surface area contributed by atoms with Crippen molar-refractivity contribution in [2.75, 3.05) is 6.61 Å². The van der Waals surface area contributed by atoms with Crippen molar-refractivity contribution in [3.8, 4) is 10.6 Å². The predicted molar refractivity (Wildman–Crippen MR) is 111 cm³/mol. The Bertz CT molecular complexity index is 722. The van der Waals surface area contributed by atoms with Crippen molar-refractivity contribution >= 4 is 17.2 Å². The van der Waals surface area contributed by atoms with E-state index in [9.17, 15) is 4.79 Å². The van der Waals surface area contributed by atoms with Crippen LogP contribution in [0.2, 0.25) is 0 Å². The number of thiophene rings is 1. The highest BCUT2D eigenvalue weighted by Crippen LogP contribution is 2.27. The Kier molecular flexibility index (Phi) is 8.51. The summed E-state index contributed by atoms with van der Waals surface area (Å²) in [6.45, 7) is 3.87. The zero-order valence-corrected chi connectivity index (χ0v) is 17.5. The maximum Gasteiger partial charge on any atom is 0.285 e. The predicted octanol–water partition coefficient (Wildman–Crippen LogP) is 5.16. The summed E-state index contributed by atoms with van der Waals surface area (Å²) in [6, 6.07) is 5.76. The molecule has 0 aliphatic carbocycles. The number of carbonyl (C=O) groups excluding carboxylic acids is 1. The van der Waals surface area contributed by atoms with Gasteiger partial charge in [-0.05, 0) is 37.5 Å². The van der Waals surface area contributed by atoms with Crippen LogP contribution < -0.4 is 5.48 Å². The van der Waals surface area contributed by atoms with E-state index in [2.05, 4.69) is 17.5 Å². The number of aryl methyl sites for hydroxylation is 1. The van der Waals surface area contributed by atoms with E-state index in [1.165, 1.54) is 43.4 Å². The molecule has 1 amide bonds. The number of nitrogens with zero attached hydrogens (tertiary/aromatic N) is 2. The molecule has 1 saturated heterocycles. The Morgan fingerprint density at radius 2 is 2.11 bits per heavy atom. The lowest BCUT2D eigenvalue weighted by Gasteiger charge is -2.21. The van der Waals surface area contributed by atoms with Crippen LogP contribution in [0.25, 0.3) is 10.6 Å². The van der Waals surface area contributed by atoms with E-state index in [0.717, 1.165) is 42.8 Å². The third kappa shape index (κ3) is 6.43. The molecule has 1 N–H and O–H groups in total. The Morgan fingerprint density at radius 1 is 1.25 bits per heavy atom. The number of ether oxygens (including phenoxy) is 1. The van der Waals surface area contributed by atoms with Gasteiger partial charge < -0.3 is 4.74 Å². The van der Waals surface area contributed by atoms with E-state index in [-0.39, 0.29) is 12.2 Å². The first kappa shape index (κ1) is 21.0. The summed E-state index contributed by atoms with van der Waals surface area (Å²) in [5, 5.41) is 4.65. The summed E-state index contributed by atoms with van der Waals surface area (Å²) >= 11 is 1.42. The smallest absolute Gasteiger partial charge is 0.285 e. The van der Waals surface area contributed by atoms with Gasteiger partial charge in [0.25, 0.3) is 5.91 Å². The minimum atomic E-state index is -0.338. The van der Waals surface area contributed by atoms with Crippen LogP contribution in [0.1, 0.15) is 74.4 Å². The van der Waals surface area contributed by atoms with Gasteiger partial charge in [0, 0.05) is 25.8 Å². The summed E-state index contributed by atoms with van der Waals surface area (Å²) < 4.78 is 7.45. The van der Waals surface area contributed by atoms with Crippen LogP contribution in [0.3, 0.4) is 0 Å². The third-order valence-electron chi connectivity index (χ3n) is 4.88. The van der Waals surface area contributed by atoms with Gasteiger partial charge in [-0.15, -0.1) is 11.3 Å². The van der Waals surface area contributed by atoms with Gasteiger partial charge in [-0.25, -0.2) is 10.3 Å². The number of amides is 1. The third-order valence-corrected chi connectivity index (χ3v) is 5.99. The fourth-order valence-electron chi connectivity index (χ4n) is 3.24. The zero-order valence-electron chi connectivity index (χ0n) is 16.7. The fraction of sp³-hybridized carbons (Fsp3) is 0.619. The average molecular weight is 406 g/mol. The highest BCUT2D eigenvalue weighted by atomic mass is 32.1. The molecular formula is C21H31N3O3S. The fourth-order valence-corrected chi connectivity index (χ4v) is 4.10. The lowest BCUT2D eigenvalue weighted by atomic mass is 10.1. The van der Waals surface area contributed by atoms with Gasteiger partial charge in [-0.2, -0.15) is 5.10 Å². The molecule has 0 radical (unpaired) electrons. The highest BCUT2D eigenvalue weighted by Gasteiger charge is 2.17. The molecule has 154 valence electrons. The summed E-state index contributed by atoms with van der Waals surface area (Å²) in [5.74, 6) is -0.239. The Morgan fingerprint density at radius 3 is 2.93 bits per heavy atom. The first-order valence-corrected chi connectivity index (χ1v) is 11.3. The molecule has 0 saturated carbocycles. The quantitative estimate of drug-likeness (QED) is 0.414. The van der Waals surface area contributed by atoms with Crippen LogP contribution in [0.4, 0.5) is 0 Å². The summed E-state index contributed by atoms with van der Waals surface area (Å²) in [6.07, 6.45) is 12.3. The van der Waals surface area contributed by atoms with Crippen molar-refractivity contribution in [1.29, 1.82) is 0 Å². The number of hydrogen-bond acceptors (Lipinski definition) is 5. The van der Waals surface area contributed by atoms with Gasteiger partial charge >= 0.3 is 0 Å². The van der Waals surface area contributed by atoms with E-state index < -0.39 is 0 Å². The molecule has 2 aromatic rings. The van der Waals surface area contributed by atoms with E-state index in [1.54, 1.807) is 0 Å². The molecule has 7 heteroatoms. The SMILES string of the molecule is CCCCCCCCn1ccc(-c2ccc(C(=O)NOC3CCCCO3)s2)n1. The molecule has 3 rings (SSSR count). The minimum absolute atomic E-state index is 0.239. The normalized spacial score (nSPS) is 17.0. The van der Waals surface area contributed by atoms with Crippen LogP contribution in [-0.2, 0) is 16.1 Å². The lowest BCUT2D eigenvalue weighted by molar-refractivity contribution is -0.186. The molecule has 3 heterocycles. The monoisotopic (exact) mass is 405 g/mol. The van der Waals surface area contributed by atoms with E-state index in [4.69, 9.17) is 9.57 Å². The van der Waals surface area contributed by atoms with Gasteiger partial charge in [0.2, 0.25) is 0 Å². The maximum absolute atomic E-state index is 12.3. The second kappa shape index (κ2) is 11.3. The molecule has 1 aliphatic heterocycles. The van der Waals surface area contributed by atoms with Crippen molar-refractivity contribution in [2.45, 2.75) is 77.5 Å². The standard InChI is InChI=1S/C21H31N3O3S/c1-2-3-4-5-6-8-14-24-15-13-17(22-24)18-11-12-19(28-18)21(25)23-27-20-10-7-9-16-26-20/h11-13,15,20H,2-10,14,16H2,1H3,(H,23,25). The van der Waals surface area contributed by atoms with E-state index in [1.807, 2.05) is 29.1 Å². The number of unbranched alkanes of at least 4 members (excludes halogenated alkanes) is 5. The Hall–Kier alpha value is -1.70. The van der Waals surface area contributed by atoms with Crippen LogP contribution in [0.5, 0.6) is 0 Å². The van der Waals surface area contributed by atoms with Gasteiger partial charge in [0.05, 0.1) is 9.75 Å². The van der Waals surface area contributed by atoms with Gasteiger partial charge in [-0.3, -0.25) is 9.48 Å². The second-order valence-electron chi connectivity index (χ2n) is 7.24. The minimum Gasteiger partial charge on any atom is -0.350 e. The van der Waals surface area contributed by atoms with Gasteiger partial charge in [0.1, 0.15) is 5.69 Å². The van der Waals surface area contributed by atoms with E-state index >= 15 is 0 Å². The molecule has 1 atom stereocenters. The molecule has 1 fully saturated rings. The number of nitrogens with one attached hydrogen (secondary N) is 1. The van der Waals surface area contributed by atoms with Crippen molar-refractivity contribution in [2.24, 2.45) is 0 Å². The van der Waals surface area contributed by atoms with Crippen molar-refractivity contribution in [3.05, 3.63) is 29.3 Å². The van der Waals surface area contributed by atoms with Crippen LogP contribution in [0, 0.1) is 0 Å². The number of carbonyl (C=O) groups is 1. The van der Waals surface area contributed by atoms with Crippen LogP contribution in [0.15, 0.2) is 24.4 Å². The number of hydroxylamine groups is 1. The van der Waals surface area contributed by atoms with Crippen molar-refractivity contribution in [1.82, 2.24) is 15.3 Å². The molecule has 0 spiro atoms. The topological polar surface area (TPSA) is 65.4 Å². The van der Waals surface area contributed by atoms with Crippen LogP contribution in [-0.4, -0.2) is 28.6 Å². The largest absolute Gasteiger partial charge is 0.350 e. The first-order chi connectivity index (χ1) is 13.8. The Balaban J connectivity index is 1.44. The molecular weight excluding hydrogens is 374 g/mol. The van der Waals surface area contributed by atoms with Crippen molar-refractivity contribution in [3.63, 3.8) is 0 Å². The number of hydrogen-bond donors (Lipinski definition) is 1. The van der Waals surface area contributed by atoms with Gasteiger partial charge in [0.15, 0.2) is 6.29 Å². The second-order valence-corrected chi connectivity index (χ2v) is 8.32. The average Bonchev–Trinajstić information content (AvgIpc) is 3.39. The molecule has 0 aromatic carbocycles. The molecule has 6 nitrogen and oxygen atoms in total. The molecule has 0 bridgehead atoms. The molecule has 2 aromatic heterocycles. The molecule has 1 aliphatic rings. The summed E-state index contributed by atoms with van der Waals surface area (Å²) in [7, 11) is 0. The zero-order chi connectivity index (χ0) is 19.6. The summed E-state index contributed by atoms with van der Waals surface area (Å²) in [4.78, 5) is 19.2. The Labute approximate surface area is 171 Å². The highest BCUT2D eigenvalue weighted by molar-refractivity contribution is 7.17. The lowest BCUT2D eigenvalue weighted by Crippen LogP contribution is -2.32.